The van der Waals surface area contributed by atoms with Crippen LogP contribution in [0.25, 0.3) is 0 Å². The van der Waals surface area contributed by atoms with E-state index in [9.17, 15) is 5.11 Å². The first-order valence-corrected chi connectivity index (χ1v) is 4.94. The van der Waals surface area contributed by atoms with Crippen molar-refractivity contribution in [2.24, 2.45) is 11.7 Å². The van der Waals surface area contributed by atoms with Crippen molar-refractivity contribution in [3.05, 3.63) is 0 Å². The van der Waals surface area contributed by atoms with E-state index in [2.05, 4.69) is 15.6 Å². The average molecular weight is 293 g/mol. The van der Waals surface area contributed by atoms with Crippen molar-refractivity contribution >= 4 is 20.2 Å². The minimum absolute atomic E-state index is 0. The maximum Gasteiger partial charge on any atom is 0 e. The Balaban J connectivity index is 0. The molecule has 0 bridgehead atoms. The topological polar surface area (TPSA) is 66.5 Å². The molecule has 0 aliphatic rings. The van der Waals surface area contributed by atoms with Crippen LogP contribution in [0.5, 0.6) is 0 Å². The second kappa shape index (κ2) is 7.98. The van der Waals surface area contributed by atoms with Gasteiger partial charge < -0.3 is 0 Å². The van der Waals surface area contributed by atoms with Crippen molar-refractivity contribution < 1.29 is 27.3 Å². The molecule has 0 unspecified atom stereocenters. The molecule has 0 amide bonds. The van der Waals surface area contributed by atoms with Crippen molar-refractivity contribution in [2.75, 3.05) is 0 Å². The predicted octanol–water partition coefficient (Wildman–Crippen LogP) is -0.221. The van der Waals surface area contributed by atoms with Gasteiger partial charge >= 0.3 is 80.9 Å². The molecule has 13 heavy (non-hydrogen) atoms. The molecule has 0 aliphatic carbocycles. The zero-order valence-corrected chi connectivity index (χ0v) is 10.8. The Hall–Kier alpha value is 0.629. The van der Waals surface area contributed by atoms with Crippen LogP contribution in [-0.2, 0) is 17.1 Å². The van der Waals surface area contributed by atoms with E-state index in [0.717, 1.165) is 6.42 Å². The van der Waals surface area contributed by atoms with Crippen LogP contribution < -0.4 is 5.73 Å². The van der Waals surface area contributed by atoms with Crippen molar-refractivity contribution in [1.29, 1.82) is 0 Å². The number of rotatable bonds is 5. The second-order valence-corrected chi connectivity index (χ2v) is 4.45. The van der Waals surface area contributed by atoms with Crippen LogP contribution >= 0.6 is 0 Å². The summed E-state index contributed by atoms with van der Waals surface area (Å²) in [5.74, 6) is 0.470. The molecule has 0 fully saturated rings. The van der Waals surface area contributed by atoms with Crippen LogP contribution in [-0.4, -0.2) is 42.5 Å². The summed E-state index contributed by atoms with van der Waals surface area (Å²) in [6, 6.07) is -0.250. The van der Waals surface area contributed by atoms with Crippen LogP contribution in [0, 0.1) is 5.92 Å². The molecule has 0 saturated heterocycles. The largest absolute Gasteiger partial charge is 0 e. The molecule has 0 aromatic heterocycles. The van der Waals surface area contributed by atoms with E-state index in [0.29, 0.717) is 5.92 Å². The van der Waals surface area contributed by atoms with Gasteiger partial charge in [-0.05, 0) is 0 Å². The van der Waals surface area contributed by atoms with Gasteiger partial charge in [0.1, 0.15) is 0 Å². The minimum Gasteiger partial charge on any atom is 0 e. The molecule has 5 heteroatoms. The monoisotopic (exact) mass is 294 g/mol. The molecule has 1 radical (unpaired) electrons. The van der Waals surface area contributed by atoms with E-state index < -0.39 is 6.10 Å². The summed E-state index contributed by atoms with van der Waals surface area (Å²) in [4.78, 5) is 0. The summed E-state index contributed by atoms with van der Waals surface area (Å²) in [6.07, 6.45) is 0.358. The van der Waals surface area contributed by atoms with Crippen LogP contribution in [0.15, 0.2) is 0 Å². The Morgan fingerprint density at radius 2 is 1.92 bits per heavy atom. The van der Waals surface area contributed by atoms with Crippen molar-refractivity contribution in [1.82, 2.24) is 0 Å². The van der Waals surface area contributed by atoms with E-state index in [1.807, 2.05) is 13.8 Å². The first-order chi connectivity index (χ1) is 5.43. The fourth-order valence-electron chi connectivity index (χ4n) is 1.03. The zero-order valence-electron chi connectivity index (χ0n) is 7.90. The first kappa shape index (κ1) is 16.1. The molecular weight excluding hydrogens is 276 g/mol. The van der Waals surface area contributed by atoms with Gasteiger partial charge in [0.25, 0.3) is 0 Å². The Morgan fingerprint density at radius 1 is 1.46 bits per heavy atom. The van der Waals surface area contributed by atoms with Crippen LogP contribution in [0.2, 0.25) is 0 Å². The number of aliphatic hydroxyl groups excluding tert-OH is 2. The molecule has 0 saturated carbocycles. The molecular formula is C8H17MnNO2Se. The third kappa shape index (κ3) is 8.95. The van der Waals surface area contributed by atoms with Gasteiger partial charge in [-0.3, -0.25) is 0 Å². The van der Waals surface area contributed by atoms with Gasteiger partial charge in [-0.1, -0.05) is 0 Å². The number of hydrogen-bond donors (Lipinski definition) is 3. The zero-order chi connectivity index (χ0) is 9.72. The summed E-state index contributed by atoms with van der Waals surface area (Å²) in [5.41, 5.74) is 5.68. The van der Waals surface area contributed by atoms with Crippen LogP contribution in [0.3, 0.4) is 0 Å². The summed E-state index contributed by atoms with van der Waals surface area (Å²) < 4.78 is 0.113. The van der Waals surface area contributed by atoms with E-state index in [1.54, 1.807) is 0 Å². The molecule has 0 heterocycles. The Bertz CT molecular complexity index is 155. The Labute approximate surface area is 97.9 Å². The molecule has 0 rings (SSSR count). The number of nitrogens with two attached hydrogens (primary N) is 1. The molecule has 0 aliphatic heterocycles. The standard InChI is InChI=1S/C8H17NO2Se.Mn/c1-5(2)3-6(9)7(10)4-8(11)12;/h5-7,10H,3-4,9H2,1-2H3,(H,11,12);/t6-,7-;/m0./s1. The third-order valence-corrected chi connectivity index (χ3v) is 1.97. The number of hydrogen-bond acceptors (Lipinski definition) is 3. The van der Waals surface area contributed by atoms with Gasteiger partial charge in [-0.15, -0.1) is 0 Å². The molecule has 79 valence electrons. The van der Waals surface area contributed by atoms with E-state index >= 15 is 0 Å². The minimum atomic E-state index is -0.645. The molecule has 2 atom stereocenters. The smallest absolute Gasteiger partial charge is 0 e. The molecule has 0 aromatic rings. The maximum absolute atomic E-state index is 9.41. The van der Waals surface area contributed by atoms with E-state index in [1.165, 1.54) is 0 Å². The maximum atomic E-state index is 9.41. The molecule has 0 aromatic carbocycles. The van der Waals surface area contributed by atoms with Gasteiger partial charge in [-0.25, -0.2) is 0 Å². The Kier molecular flexibility index (Phi) is 9.87. The summed E-state index contributed by atoms with van der Waals surface area (Å²) >= 11 is 2.44. The van der Waals surface area contributed by atoms with Crippen LogP contribution in [0.4, 0.5) is 0 Å². The first-order valence-electron chi connectivity index (χ1n) is 4.09. The van der Waals surface area contributed by atoms with Crippen molar-refractivity contribution in [2.45, 2.75) is 38.8 Å². The summed E-state index contributed by atoms with van der Waals surface area (Å²) in [7, 11) is 0. The van der Waals surface area contributed by atoms with E-state index in [-0.39, 0.29) is 34.1 Å². The quantitative estimate of drug-likeness (QED) is 0.614. The van der Waals surface area contributed by atoms with Gasteiger partial charge in [0, 0.05) is 17.1 Å². The van der Waals surface area contributed by atoms with Crippen molar-refractivity contribution in [3.63, 3.8) is 0 Å². The van der Waals surface area contributed by atoms with Gasteiger partial charge in [0.05, 0.1) is 0 Å². The fraction of sp³-hybridized carbons (Fsp3) is 0.875. The van der Waals surface area contributed by atoms with Gasteiger partial charge in [0.2, 0.25) is 0 Å². The SMILES string of the molecule is CC(C)C[C@H](N)[C@@H](O)CC(O)=[Se].[Mn]. The molecule has 4 N–H and O–H groups in total. The Morgan fingerprint density at radius 3 is 2.23 bits per heavy atom. The summed E-state index contributed by atoms with van der Waals surface area (Å²) in [5, 5.41) is 18.3. The van der Waals surface area contributed by atoms with Gasteiger partial charge in [0.15, 0.2) is 0 Å². The normalized spacial score (nSPS) is 14.8. The van der Waals surface area contributed by atoms with Crippen molar-refractivity contribution in [3.8, 4) is 0 Å². The average Bonchev–Trinajstić information content (AvgIpc) is 1.84. The predicted molar refractivity (Wildman–Crippen MR) is 50.8 cm³/mol. The molecule has 3 nitrogen and oxygen atoms in total. The third-order valence-electron chi connectivity index (χ3n) is 1.62. The second-order valence-electron chi connectivity index (χ2n) is 3.46. The van der Waals surface area contributed by atoms with Crippen LogP contribution in [0.1, 0.15) is 26.7 Å². The van der Waals surface area contributed by atoms with E-state index in [4.69, 9.17) is 10.8 Å². The molecule has 0 spiro atoms. The fourth-order valence-corrected chi connectivity index (χ4v) is 1.39. The summed E-state index contributed by atoms with van der Waals surface area (Å²) in [6.45, 7) is 4.10. The number of aliphatic hydroxyl groups is 2. The van der Waals surface area contributed by atoms with Gasteiger partial charge in [-0.2, -0.15) is 0 Å².